The second-order valence-electron chi connectivity index (χ2n) is 4.22. The van der Waals surface area contributed by atoms with Gasteiger partial charge in [-0.05, 0) is 6.42 Å². The van der Waals surface area contributed by atoms with E-state index >= 15 is 0 Å². The smallest absolute Gasteiger partial charge is 0.309 e. The third-order valence-corrected chi connectivity index (χ3v) is 3.59. The lowest BCUT2D eigenvalue weighted by molar-refractivity contribution is -0.156. The van der Waals surface area contributed by atoms with Gasteiger partial charge in [-0.1, -0.05) is 0 Å². The van der Waals surface area contributed by atoms with Crippen molar-refractivity contribution in [3.05, 3.63) is 11.9 Å². The van der Waals surface area contributed by atoms with Crippen molar-refractivity contribution in [2.75, 3.05) is 13.1 Å². The van der Waals surface area contributed by atoms with Gasteiger partial charge in [-0.3, -0.25) is 14.4 Å². The monoisotopic (exact) mass is 285 g/mol. The van der Waals surface area contributed by atoms with Gasteiger partial charge in [-0.2, -0.15) is 8.75 Å². The zero-order chi connectivity index (χ0) is 14.0. The first-order chi connectivity index (χ1) is 9.00. The fourth-order valence-corrected chi connectivity index (χ4v) is 2.51. The van der Waals surface area contributed by atoms with E-state index in [0.717, 1.165) is 11.7 Å². The number of carbonyl (C=O) groups is 3. The number of aliphatic carboxylic acids is 2. The van der Waals surface area contributed by atoms with Crippen molar-refractivity contribution in [1.29, 1.82) is 0 Å². The fraction of sp³-hybridized carbons (Fsp3) is 0.500. The molecule has 0 aromatic carbocycles. The molecule has 1 aromatic rings. The Bertz CT molecular complexity index is 503. The summed E-state index contributed by atoms with van der Waals surface area (Å²) >= 11 is 0.887. The van der Waals surface area contributed by atoms with Gasteiger partial charge in [0.2, 0.25) is 0 Å². The van der Waals surface area contributed by atoms with Crippen LogP contribution in [-0.2, 0) is 9.59 Å². The van der Waals surface area contributed by atoms with Gasteiger partial charge in [-0.25, -0.2) is 0 Å². The lowest BCUT2D eigenvalue weighted by atomic mass is 9.85. The molecule has 1 aromatic heterocycles. The molecule has 9 heteroatoms. The molecule has 1 saturated heterocycles. The predicted octanol–water partition coefficient (Wildman–Crippen LogP) is -0.214. The number of hydrogen-bond acceptors (Lipinski definition) is 6. The van der Waals surface area contributed by atoms with Crippen molar-refractivity contribution in [3.63, 3.8) is 0 Å². The summed E-state index contributed by atoms with van der Waals surface area (Å²) in [5, 5.41) is 18.0. The van der Waals surface area contributed by atoms with Gasteiger partial charge in [0.05, 0.1) is 29.8 Å². The van der Waals surface area contributed by atoms with Crippen LogP contribution < -0.4 is 0 Å². The highest BCUT2D eigenvalue weighted by Crippen LogP contribution is 2.25. The molecular weight excluding hydrogens is 274 g/mol. The Labute approximate surface area is 112 Å². The highest BCUT2D eigenvalue weighted by Gasteiger charge is 2.40. The van der Waals surface area contributed by atoms with E-state index in [2.05, 4.69) is 8.75 Å². The van der Waals surface area contributed by atoms with E-state index in [1.165, 1.54) is 11.1 Å². The molecule has 0 spiro atoms. The summed E-state index contributed by atoms with van der Waals surface area (Å²) in [4.78, 5) is 35.4. The van der Waals surface area contributed by atoms with E-state index in [1.54, 1.807) is 0 Å². The standard InChI is InChI=1S/C10H11N3O5S/c14-8(7-3-11-19-12-7)13-2-1-5(9(15)16)6(4-13)10(17)18/h3,5-6H,1-2,4H2,(H,15,16)(H,17,18). The number of amides is 1. The van der Waals surface area contributed by atoms with Crippen molar-refractivity contribution < 1.29 is 24.6 Å². The summed E-state index contributed by atoms with van der Waals surface area (Å²) in [6.45, 7) is 0.0831. The Morgan fingerprint density at radius 1 is 1.26 bits per heavy atom. The van der Waals surface area contributed by atoms with Crippen molar-refractivity contribution in [2.45, 2.75) is 6.42 Å². The maximum atomic E-state index is 12.0. The van der Waals surface area contributed by atoms with Crippen molar-refractivity contribution in [2.24, 2.45) is 11.8 Å². The molecule has 1 amide bonds. The van der Waals surface area contributed by atoms with Gasteiger partial charge in [-0.15, -0.1) is 0 Å². The molecule has 8 nitrogen and oxygen atoms in total. The van der Waals surface area contributed by atoms with Crippen LogP contribution in [-0.4, -0.2) is 54.8 Å². The van der Waals surface area contributed by atoms with Gasteiger partial charge in [0.25, 0.3) is 5.91 Å². The Kier molecular flexibility index (Phi) is 3.74. The second-order valence-corrected chi connectivity index (χ2v) is 4.78. The predicted molar refractivity (Wildman–Crippen MR) is 62.7 cm³/mol. The van der Waals surface area contributed by atoms with Crippen LogP contribution in [0, 0.1) is 11.8 Å². The molecule has 2 rings (SSSR count). The SMILES string of the molecule is O=C(O)C1CCN(C(=O)c2cnsn2)CC1C(=O)O. The lowest BCUT2D eigenvalue weighted by Gasteiger charge is -2.34. The van der Waals surface area contributed by atoms with Crippen LogP contribution >= 0.6 is 11.7 Å². The molecule has 0 bridgehead atoms. The second kappa shape index (κ2) is 5.31. The van der Waals surface area contributed by atoms with Gasteiger partial charge in [0, 0.05) is 13.1 Å². The quantitative estimate of drug-likeness (QED) is 0.787. The molecule has 102 valence electrons. The molecule has 2 unspecified atom stereocenters. The van der Waals surface area contributed by atoms with E-state index in [0.29, 0.717) is 0 Å². The number of aromatic nitrogens is 2. The molecule has 0 aliphatic carbocycles. The van der Waals surface area contributed by atoms with Crippen LogP contribution in [0.1, 0.15) is 16.9 Å². The Hall–Kier alpha value is -2.03. The summed E-state index contributed by atoms with van der Waals surface area (Å²) in [7, 11) is 0. The molecule has 2 heterocycles. The van der Waals surface area contributed by atoms with Crippen molar-refractivity contribution in [1.82, 2.24) is 13.6 Å². The first kappa shape index (κ1) is 13.4. The summed E-state index contributed by atoms with van der Waals surface area (Å²) < 4.78 is 7.50. The Balaban J connectivity index is 2.13. The third kappa shape index (κ3) is 2.70. The third-order valence-electron chi connectivity index (χ3n) is 3.11. The average Bonchev–Trinajstić information content (AvgIpc) is 2.90. The number of rotatable bonds is 3. The van der Waals surface area contributed by atoms with E-state index in [-0.39, 0.29) is 25.2 Å². The first-order valence-electron chi connectivity index (χ1n) is 5.53. The molecule has 2 atom stereocenters. The molecule has 1 fully saturated rings. The van der Waals surface area contributed by atoms with Crippen LogP contribution in [0.3, 0.4) is 0 Å². The average molecular weight is 285 g/mol. The zero-order valence-electron chi connectivity index (χ0n) is 9.72. The zero-order valence-corrected chi connectivity index (χ0v) is 10.5. The van der Waals surface area contributed by atoms with Crippen LogP contribution in [0.15, 0.2) is 6.20 Å². The topological polar surface area (TPSA) is 121 Å². The minimum atomic E-state index is -1.21. The molecular formula is C10H11N3O5S. The number of likely N-dealkylation sites (tertiary alicyclic amines) is 1. The van der Waals surface area contributed by atoms with Gasteiger partial charge in [0.1, 0.15) is 0 Å². The highest BCUT2D eigenvalue weighted by atomic mass is 32.1. The molecule has 1 aliphatic heterocycles. The Morgan fingerprint density at radius 3 is 2.47 bits per heavy atom. The van der Waals surface area contributed by atoms with Crippen LogP contribution in [0.2, 0.25) is 0 Å². The number of carboxylic acids is 2. The minimum absolute atomic E-state index is 0.121. The normalized spacial score (nSPS) is 23.1. The van der Waals surface area contributed by atoms with Crippen molar-refractivity contribution >= 4 is 29.6 Å². The summed E-state index contributed by atoms with van der Waals surface area (Å²) in [6, 6.07) is 0. The molecule has 19 heavy (non-hydrogen) atoms. The number of carbonyl (C=O) groups excluding carboxylic acids is 1. The highest BCUT2D eigenvalue weighted by molar-refractivity contribution is 6.99. The van der Waals surface area contributed by atoms with E-state index < -0.39 is 29.7 Å². The molecule has 1 aliphatic rings. The van der Waals surface area contributed by atoms with Crippen LogP contribution in [0.5, 0.6) is 0 Å². The van der Waals surface area contributed by atoms with E-state index in [9.17, 15) is 14.4 Å². The van der Waals surface area contributed by atoms with Gasteiger partial charge < -0.3 is 15.1 Å². The maximum Gasteiger partial charge on any atom is 0.309 e. The summed E-state index contributed by atoms with van der Waals surface area (Å²) in [6.07, 6.45) is 1.43. The molecule has 0 saturated carbocycles. The van der Waals surface area contributed by atoms with Gasteiger partial charge in [0.15, 0.2) is 5.69 Å². The first-order valence-corrected chi connectivity index (χ1v) is 6.26. The Morgan fingerprint density at radius 2 is 1.95 bits per heavy atom. The minimum Gasteiger partial charge on any atom is -0.481 e. The van der Waals surface area contributed by atoms with E-state index in [4.69, 9.17) is 10.2 Å². The summed E-state index contributed by atoms with van der Waals surface area (Å²) in [5.74, 6) is -4.82. The number of carboxylic acid groups (broad SMARTS) is 2. The van der Waals surface area contributed by atoms with Crippen LogP contribution in [0.25, 0.3) is 0 Å². The number of hydrogen-bond donors (Lipinski definition) is 2. The van der Waals surface area contributed by atoms with E-state index in [1.807, 2.05) is 0 Å². The summed E-state index contributed by atoms with van der Waals surface area (Å²) in [5.41, 5.74) is 0.155. The van der Waals surface area contributed by atoms with Crippen LogP contribution in [0.4, 0.5) is 0 Å². The van der Waals surface area contributed by atoms with Gasteiger partial charge >= 0.3 is 11.9 Å². The number of nitrogens with zero attached hydrogens (tertiary/aromatic N) is 3. The molecule has 2 N–H and O–H groups in total. The molecule has 0 radical (unpaired) electrons. The van der Waals surface area contributed by atoms with Crippen molar-refractivity contribution in [3.8, 4) is 0 Å². The fourth-order valence-electron chi connectivity index (χ4n) is 2.10. The maximum absolute atomic E-state index is 12.0. The number of piperidine rings is 1. The lowest BCUT2D eigenvalue weighted by Crippen LogP contribution is -2.48. The largest absolute Gasteiger partial charge is 0.481 e.